The first-order valence-electron chi connectivity index (χ1n) is 12.6. The fourth-order valence-corrected chi connectivity index (χ4v) is 4.44. The molecular weight excluding hydrogens is 352 g/mol. The Morgan fingerprint density at radius 3 is 1.79 bits per heavy atom. The van der Waals surface area contributed by atoms with Gasteiger partial charge in [-0.1, -0.05) is 109 Å². The zero-order chi connectivity index (χ0) is 20.6. The second kappa shape index (κ2) is 15.4. The van der Waals surface area contributed by atoms with Crippen molar-refractivity contribution in [3.8, 4) is 0 Å². The third-order valence-corrected chi connectivity index (χ3v) is 6.26. The van der Waals surface area contributed by atoms with Crippen molar-refractivity contribution in [1.29, 1.82) is 0 Å². The highest BCUT2D eigenvalue weighted by molar-refractivity contribution is 5.51. The van der Waals surface area contributed by atoms with Gasteiger partial charge in [-0.25, -0.2) is 0 Å². The van der Waals surface area contributed by atoms with Gasteiger partial charge in [0, 0.05) is 24.6 Å². The third-order valence-electron chi connectivity index (χ3n) is 6.26. The van der Waals surface area contributed by atoms with Gasteiger partial charge >= 0.3 is 0 Å². The van der Waals surface area contributed by atoms with Crippen molar-refractivity contribution in [3.05, 3.63) is 42.7 Å². The van der Waals surface area contributed by atoms with E-state index in [2.05, 4.69) is 66.4 Å². The smallest absolute Gasteiger partial charge is 0.105 e. The summed E-state index contributed by atoms with van der Waals surface area (Å²) in [7, 11) is 0. The van der Waals surface area contributed by atoms with Gasteiger partial charge in [0.15, 0.2) is 0 Å². The number of hydrogen-bond acceptors (Lipinski definition) is 2. The van der Waals surface area contributed by atoms with Gasteiger partial charge in [-0.05, 0) is 31.4 Å². The minimum atomic E-state index is 0.508. The molecule has 0 bridgehead atoms. The fourth-order valence-electron chi connectivity index (χ4n) is 4.44. The van der Waals surface area contributed by atoms with Crippen molar-refractivity contribution in [1.82, 2.24) is 4.90 Å². The number of anilines is 1. The maximum atomic E-state index is 2.60. The lowest BCUT2D eigenvalue weighted by atomic mass is 10.1. The standard InChI is InChI=1S/C27H46N2/c1-3-5-7-9-10-11-12-13-18-22-27-28(23-19-14-8-6-4-2)24-25-29(27)26-20-16-15-17-21-26/h15-17,20-21,24-25,27H,3-14,18-19,22-23H2,1-2H3. The predicted octanol–water partition coefficient (Wildman–Crippen LogP) is 8.50. The van der Waals surface area contributed by atoms with Crippen LogP contribution in [0.2, 0.25) is 0 Å². The van der Waals surface area contributed by atoms with Gasteiger partial charge in [-0.2, -0.15) is 0 Å². The normalized spacial score (nSPS) is 16.1. The van der Waals surface area contributed by atoms with Crippen LogP contribution in [0.5, 0.6) is 0 Å². The Bertz CT molecular complexity index is 525. The summed E-state index contributed by atoms with van der Waals surface area (Å²) in [6, 6.07) is 10.9. The van der Waals surface area contributed by atoms with Gasteiger partial charge in [-0.15, -0.1) is 0 Å². The van der Waals surface area contributed by atoms with Crippen molar-refractivity contribution < 1.29 is 0 Å². The molecule has 1 aromatic carbocycles. The van der Waals surface area contributed by atoms with E-state index in [9.17, 15) is 0 Å². The number of rotatable bonds is 17. The van der Waals surface area contributed by atoms with Gasteiger partial charge < -0.3 is 9.80 Å². The SMILES string of the molecule is CCCCCCCCCCCC1N(CCCCCCC)C=CN1c1ccccc1. The molecule has 2 heteroatoms. The number of nitrogens with zero attached hydrogens (tertiary/aromatic N) is 2. The first-order chi connectivity index (χ1) is 14.4. The Morgan fingerprint density at radius 1 is 0.621 bits per heavy atom. The molecule has 164 valence electrons. The van der Waals surface area contributed by atoms with Crippen LogP contribution in [0.4, 0.5) is 5.69 Å². The first-order valence-corrected chi connectivity index (χ1v) is 12.6. The van der Waals surface area contributed by atoms with Crippen molar-refractivity contribution in [3.63, 3.8) is 0 Å². The molecular formula is C27H46N2. The van der Waals surface area contributed by atoms with Gasteiger partial charge in [0.2, 0.25) is 0 Å². The summed E-state index contributed by atoms with van der Waals surface area (Å²) in [6.07, 6.45) is 25.9. The van der Waals surface area contributed by atoms with Crippen LogP contribution in [0.15, 0.2) is 42.7 Å². The topological polar surface area (TPSA) is 6.48 Å². The minimum Gasteiger partial charge on any atom is -0.356 e. The highest BCUT2D eigenvalue weighted by atomic mass is 15.4. The third kappa shape index (κ3) is 9.28. The monoisotopic (exact) mass is 398 g/mol. The zero-order valence-electron chi connectivity index (χ0n) is 19.3. The molecule has 0 saturated heterocycles. The molecule has 0 aromatic heterocycles. The van der Waals surface area contributed by atoms with Crippen LogP contribution in [0.25, 0.3) is 0 Å². The number of unbranched alkanes of at least 4 members (excludes halogenated alkanes) is 12. The van der Waals surface area contributed by atoms with E-state index in [1.54, 1.807) is 0 Å². The van der Waals surface area contributed by atoms with Crippen molar-refractivity contribution >= 4 is 5.69 Å². The van der Waals surface area contributed by atoms with E-state index >= 15 is 0 Å². The molecule has 0 fully saturated rings. The summed E-state index contributed by atoms with van der Waals surface area (Å²) < 4.78 is 0. The highest BCUT2D eigenvalue weighted by Gasteiger charge is 2.26. The van der Waals surface area contributed by atoms with E-state index < -0.39 is 0 Å². The lowest BCUT2D eigenvalue weighted by Gasteiger charge is -2.33. The average molecular weight is 399 g/mol. The van der Waals surface area contributed by atoms with E-state index in [4.69, 9.17) is 0 Å². The molecule has 1 aliphatic heterocycles. The minimum absolute atomic E-state index is 0.508. The van der Waals surface area contributed by atoms with Crippen LogP contribution < -0.4 is 4.90 Å². The van der Waals surface area contributed by atoms with E-state index in [0.29, 0.717) is 6.17 Å². The fraction of sp³-hybridized carbons (Fsp3) is 0.704. The predicted molar refractivity (Wildman–Crippen MR) is 129 cm³/mol. The van der Waals surface area contributed by atoms with Gasteiger partial charge in [0.25, 0.3) is 0 Å². The van der Waals surface area contributed by atoms with Gasteiger partial charge in [0.1, 0.15) is 6.17 Å². The maximum Gasteiger partial charge on any atom is 0.105 e. The summed E-state index contributed by atoms with van der Waals surface area (Å²) >= 11 is 0. The van der Waals surface area contributed by atoms with Crippen LogP contribution >= 0.6 is 0 Å². The summed E-state index contributed by atoms with van der Waals surface area (Å²) in [6.45, 7) is 5.79. The number of benzene rings is 1. The Kier molecular flexibility index (Phi) is 12.7. The van der Waals surface area contributed by atoms with Crippen molar-refractivity contribution in [2.75, 3.05) is 11.4 Å². The van der Waals surface area contributed by atoms with Crippen molar-refractivity contribution in [2.24, 2.45) is 0 Å². The van der Waals surface area contributed by atoms with Crippen LogP contribution in [0, 0.1) is 0 Å². The summed E-state index contributed by atoms with van der Waals surface area (Å²) in [4.78, 5) is 5.10. The first kappa shape index (κ1) is 23.8. The van der Waals surface area contributed by atoms with Gasteiger partial charge in [0.05, 0.1) is 0 Å². The van der Waals surface area contributed by atoms with Crippen LogP contribution in [0.3, 0.4) is 0 Å². The quantitative estimate of drug-likeness (QED) is 0.243. The van der Waals surface area contributed by atoms with Crippen LogP contribution in [-0.4, -0.2) is 17.6 Å². The molecule has 2 nitrogen and oxygen atoms in total. The lowest BCUT2D eigenvalue weighted by Crippen LogP contribution is -2.39. The number of para-hydroxylation sites is 1. The Balaban J connectivity index is 1.74. The largest absolute Gasteiger partial charge is 0.356 e. The molecule has 1 heterocycles. The van der Waals surface area contributed by atoms with E-state index in [0.717, 1.165) is 0 Å². The molecule has 0 saturated carbocycles. The molecule has 0 spiro atoms. The van der Waals surface area contributed by atoms with Crippen molar-refractivity contribution in [2.45, 2.75) is 116 Å². The second-order valence-electron chi connectivity index (χ2n) is 8.79. The second-order valence-corrected chi connectivity index (χ2v) is 8.79. The summed E-state index contributed by atoms with van der Waals surface area (Å²) in [5.74, 6) is 0. The molecule has 29 heavy (non-hydrogen) atoms. The summed E-state index contributed by atoms with van der Waals surface area (Å²) in [5, 5.41) is 0. The molecule has 1 atom stereocenters. The van der Waals surface area contributed by atoms with E-state index in [-0.39, 0.29) is 0 Å². The molecule has 2 rings (SSSR count). The number of hydrogen-bond donors (Lipinski definition) is 0. The van der Waals surface area contributed by atoms with E-state index in [1.165, 1.54) is 109 Å². The Labute approximate surface area is 181 Å². The highest BCUT2D eigenvalue weighted by Crippen LogP contribution is 2.28. The summed E-state index contributed by atoms with van der Waals surface area (Å²) in [5.41, 5.74) is 1.33. The zero-order valence-corrected chi connectivity index (χ0v) is 19.3. The molecule has 0 N–H and O–H groups in total. The Hall–Kier alpha value is -1.44. The molecule has 0 amide bonds. The van der Waals surface area contributed by atoms with Crippen LogP contribution in [-0.2, 0) is 0 Å². The van der Waals surface area contributed by atoms with E-state index in [1.807, 2.05) is 0 Å². The molecule has 0 radical (unpaired) electrons. The van der Waals surface area contributed by atoms with Crippen LogP contribution in [0.1, 0.15) is 110 Å². The maximum absolute atomic E-state index is 2.60. The molecule has 1 aromatic rings. The lowest BCUT2D eigenvalue weighted by molar-refractivity contribution is 0.273. The molecule has 1 unspecified atom stereocenters. The van der Waals surface area contributed by atoms with Gasteiger partial charge in [-0.3, -0.25) is 0 Å². The Morgan fingerprint density at radius 2 is 1.17 bits per heavy atom. The molecule has 1 aliphatic rings. The molecule has 0 aliphatic carbocycles. The average Bonchev–Trinajstić information content (AvgIpc) is 3.15.